The minimum absolute atomic E-state index is 0.108. The molecule has 0 fully saturated rings. The number of methoxy groups -OCH3 is 5. The fraction of sp³-hybridized carbons (Fsp3) is 0.565. The van der Waals surface area contributed by atoms with Gasteiger partial charge in [-0.3, -0.25) is 10.1 Å². The standard InChI is InChI=1S/C23H35NO8Si/c1-9-33(10-2,11-3)32-21-15(12-13-24(25)26)20(29-6)18-16(27-4)14-17(28-5)22(30-7)19(18)23(21)31-8/h14H,9-13H2,1-8H3. The van der Waals surface area contributed by atoms with Gasteiger partial charge in [-0.05, 0) is 18.1 Å². The van der Waals surface area contributed by atoms with Crippen LogP contribution in [-0.2, 0) is 6.42 Å². The molecular weight excluding hydrogens is 446 g/mol. The van der Waals surface area contributed by atoms with E-state index in [1.165, 1.54) is 14.2 Å². The third-order valence-corrected chi connectivity index (χ3v) is 10.8. The van der Waals surface area contributed by atoms with Gasteiger partial charge in [0.1, 0.15) is 11.5 Å². The number of nitrogens with zero attached hydrogens (tertiary/aromatic N) is 1. The number of benzene rings is 2. The zero-order chi connectivity index (χ0) is 24.8. The van der Waals surface area contributed by atoms with Gasteiger partial charge in [0.2, 0.25) is 6.54 Å². The van der Waals surface area contributed by atoms with Crippen molar-refractivity contribution in [3.05, 3.63) is 21.7 Å². The minimum Gasteiger partial charge on any atom is -0.541 e. The van der Waals surface area contributed by atoms with Gasteiger partial charge in [0.25, 0.3) is 8.32 Å². The Kier molecular flexibility index (Phi) is 9.04. The molecule has 0 saturated carbocycles. The summed E-state index contributed by atoms with van der Waals surface area (Å²) in [5.74, 6) is 2.69. The molecule has 0 radical (unpaired) electrons. The smallest absolute Gasteiger partial charge is 0.250 e. The summed E-state index contributed by atoms with van der Waals surface area (Å²) in [4.78, 5) is 11.0. The van der Waals surface area contributed by atoms with Gasteiger partial charge in [0, 0.05) is 23.0 Å². The third kappa shape index (κ3) is 4.90. The molecule has 0 aliphatic heterocycles. The van der Waals surface area contributed by atoms with Crippen LogP contribution in [0, 0.1) is 10.1 Å². The Morgan fingerprint density at radius 2 is 1.30 bits per heavy atom. The van der Waals surface area contributed by atoms with Crippen LogP contribution in [-0.4, -0.2) is 55.3 Å². The highest BCUT2D eigenvalue weighted by Crippen LogP contribution is 2.55. The molecule has 0 unspecified atom stereocenters. The van der Waals surface area contributed by atoms with Crippen LogP contribution in [0.2, 0.25) is 18.1 Å². The van der Waals surface area contributed by atoms with Crippen molar-refractivity contribution >= 4 is 19.1 Å². The van der Waals surface area contributed by atoms with E-state index < -0.39 is 8.32 Å². The molecule has 0 bridgehead atoms. The Morgan fingerprint density at radius 1 is 0.758 bits per heavy atom. The number of ether oxygens (including phenoxy) is 5. The largest absolute Gasteiger partial charge is 0.541 e. The predicted octanol–water partition coefficient (Wildman–Crippen LogP) is 5.09. The molecule has 0 aliphatic rings. The SMILES string of the molecule is CC[Si](CC)(CC)Oc1c(CC[N+](=O)[O-])c(OC)c2c(OC)cc(OC)c(OC)c2c1OC. The molecule has 0 spiro atoms. The highest BCUT2D eigenvalue weighted by Gasteiger charge is 2.36. The summed E-state index contributed by atoms with van der Waals surface area (Å²) >= 11 is 0. The molecule has 2 rings (SSSR count). The molecule has 0 aromatic heterocycles. The lowest BCUT2D eigenvalue weighted by Gasteiger charge is -2.32. The minimum atomic E-state index is -2.20. The first-order chi connectivity index (χ1) is 15.8. The molecule has 0 amide bonds. The number of nitro groups is 1. The lowest BCUT2D eigenvalue weighted by molar-refractivity contribution is -0.479. The quantitative estimate of drug-likeness (QED) is 0.222. The lowest BCUT2D eigenvalue weighted by atomic mass is 9.98. The molecule has 2 aromatic carbocycles. The van der Waals surface area contributed by atoms with Crippen molar-refractivity contribution in [2.24, 2.45) is 0 Å². The average Bonchev–Trinajstić information content (AvgIpc) is 2.84. The number of hydrogen-bond acceptors (Lipinski definition) is 8. The molecule has 0 saturated heterocycles. The van der Waals surface area contributed by atoms with Crippen LogP contribution >= 0.6 is 0 Å². The van der Waals surface area contributed by atoms with E-state index in [1.54, 1.807) is 27.4 Å². The topological polar surface area (TPSA) is 98.5 Å². The Balaban J connectivity index is 3.13. The fourth-order valence-corrected chi connectivity index (χ4v) is 6.80. The second kappa shape index (κ2) is 11.3. The lowest BCUT2D eigenvalue weighted by Crippen LogP contribution is -2.39. The second-order valence-corrected chi connectivity index (χ2v) is 12.3. The Bertz CT molecular complexity index is 983. The second-order valence-electron chi connectivity index (χ2n) is 7.59. The van der Waals surface area contributed by atoms with Gasteiger partial charge in [-0.15, -0.1) is 0 Å². The first-order valence-corrected chi connectivity index (χ1v) is 13.5. The number of rotatable bonds is 13. The van der Waals surface area contributed by atoms with Gasteiger partial charge in [-0.25, -0.2) is 0 Å². The van der Waals surface area contributed by atoms with Crippen molar-refractivity contribution in [3.63, 3.8) is 0 Å². The molecule has 0 heterocycles. The van der Waals surface area contributed by atoms with Crippen LogP contribution in [0.3, 0.4) is 0 Å². The zero-order valence-electron chi connectivity index (χ0n) is 20.8. The Labute approximate surface area is 196 Å². The first kappa shape index (κ1) is 26.4. The molecule has 9 nitrogen and oxygen atoms in total. The van der Waals surface area contributed by atoms with Crippen LogP contribution in [0.4, 0.5) is 0 Å². The van der Waals surface area contributed by atoms with Crippen LogP contribution < -0.4 is 28.1 Å². The van der Waals surface area contributed by atoms with E-state index in [-0.39, 0.29) is 17.9 Å². The van der Waals surface area contributed by atoms with E-state index in [0.717, 1.165) is 18.1 Å². The maximum Gasteiger partial charge on any atom is 0.250 e. The summed E-state index contributed by atoms with van der Waals surface area (Å²) in [6, 6.07) is 4.36. The van der Waals surface area contributed by atoms with Gasteiger partial charge in [-0.2, -0.15) is 0 Å². The summed E-state index contributed by atoms with van der Waals surface area (Å²) in [6.07, 6.45) is 0.108. The van der Waals surface area contributed by atoms with Gasteiger partial charge in [-0.1, -0.05) is 20.8 Å². The van der Waals surface area contributed by atoms with Gasteiger partial charge in [0.15, 0.2) is 23.0 Å². The van der Waals surface area contributed by atoms with E-state index in [1.807, 2.05) is 0 Å². The van der Waals surface area contributed by atoms with Crippen LogP contribution in [0.15, 0.2) is 6.07 Å². The first-order valence-electron chi connectivity index (χ1n) is 11.0. The van der Waals surface area contributed by atoms with E-state index >= 15 is 0 Å². The normalized spacial score (nSPS) is 11.3. The molecule has 0 atom stereocenters. The number of fused-ring (bicyclic) bond motifs is 1. The summed E-state index contributed by atoms with van der Waals surface area (Å²) in [6.45, 7) is 6.07. The van der Waals surface area contributed by atoms with E-state index in [2.05, 4.69) is 20.8 Å². The molecule has 0 aliphatic carbocycles. The van der Waals surface area contributed by atoms with Gasteiger partial charge < -0.3 is 28.1 Å². The van der Waals surface area contributed by atoms with Crippen molar-refractivity contribution in [3.8, 4) is 34.5 Å². The van der Waals surface area contributed by atoms with Crippen molar-refractivity contribution in [2.75, 3.05) is 42.1 Å². The van der Waals surface area contributed by atoms with Crippen molar-refractivity contribution in [1.29, 1.82) is 0 Å². The van der Waals surface area contributed by atoms with E-state index in [0.29, 0.717) is 50.8 Å². The molecule has 0 N–H and O–H groups in total. The monoisotopic (exact) mass is 481 g/mol. The maximum absolute atomic E-state index is 11.3. The third-order valence-electron chi connectivity index (χ3n) is 6.27. The zero-order valence-corrected chi connectivity index (χ0v) is 21.8. The molecule has 33 heavy (non-hydrogen) atoms. The Hall–Kier alpha value is -2.88. The summed E-state index contributed by atoms with van der Waals surface area (Å²) < 4.78 is 35.5. The summed E-state index contributed by atoms with van der Waals surface area (Å²) in [5, 5.41) is 12.5. The van der Waals surface area contributed by atoms with Gasteiger partial charge >= 0.3 is 0 Å². The van der Waals surface area contributed by atoms with Crippen LogP contribution in [0.1, 0.15) is 26.3 Å². The van der Waals surface area contributed by atoms with Gasteiger partial charge in [0.05, 0.1) is 46.3 Å². The van der Waals surface area contributed by atoms with Crippen molar-refractivity contribution in [2.45, 2.75) is 45.3 Å². The molecule has 2 aromatic rings. The van der Waals surface area contributed by atoms with Crippen molar-refractivity contribution in [1.82, 2.24) is 0 Å². The predicted molar refractivity (Wildman–Crippen MR) is 130 cm³/mol. The van der Waals surface area contributed by atoms with E-state index in [4.69, 9.17) is 28.1 Å². The molecular formula is C23H35NO8Si. The van der Waals surface area contributed by atoms with Crippen molar-refractivity contribution < 1.29 is 33.0 Å². The van der Waals surface area contributed by atoms with Crippen LogP contribution in [0.25, 0.3) is 10.8 Å². The average molecular weight is 482 g/mol. The highest BCUT2D eigenvalue weighted by molar-refractivity contribution is 6.74. The summed E-state index contributed by atoms with van der Waals surface area (Å²) in [7, 11) is 5.50. The highest BCUT2D eigenvalue weighted by atomic mass is 28.4. The molecule has 10 heteroatoms. The maximum atomic E-state index is 11.3. The summed E-state index contributed by atoms with van der Waals surface area (Å²) in [5.41, 5.74) is 0.580. The van der Waals surface area contributed by atoms with E-state index in [9.17, 15) is 10.1 Å². The number of hydrogen-bond donors (Lipinski definition) is 0. The fourth-order valence-electron chi connectivity index (χ4n) is 4.22. The van der Waals surface area contributed by atoms with Crippen LogP contribution in [0.5, 0.6) is 34.5 Å². The molecule has 184 valence electrons. The Morgan fingerprint density at radius 3 is 1.73 bits per heavy atom.